The first-order valence-electron chi connectivity index (χ1n) is 5.42. The lowest BCUT2D eigenvalue weighted by atomic mass is 10.2. The van der Waals surface area contributed by atoms with Gasteiger partial charge in [-0.1, -0.05) is 12.8 Å². The number of carbonyl (C=O) groups is 2. The molecule has 0 aromatic carbocycles. The Balaban J connectivity index is 2.40. The topological polar surface area (TPSA) is 75.4 Å². The van der Waals surface area contributed by atoms with Crippen LogP contribution in [0.25, 0.3) is 0 Å². The Bertz CT molecular complexity index is 237. The molecule has 0 bridgehead atoms. The molecule has 1 saturated carbocycles. The number of likely N-dealkylation sites (N-methyl/N-ethyl adjacent to an activating group) is 1. The van der Waals surface area contributed by atoms with E-state index in [4.69, 9.17) is 5.73 Å². The van der Waals surface area contributed by atoms with Gasteiger partial charge in [-0.25, -0.2) is 0 Å². The molecule has 0 heterocycles. The molecular weight excluding hydrogens is 194 g/mol. The Kier molecular flexibility index (Phi) is 4.55. The highest BCUT2D eigenvalue weighted by Crippen LogP contribution is 2.22. The van der Waals surface area contributed by atoms with Crippen molar-refractivity contribution in [3.8, 4) is 0 Å². The van der Waals surface area contributed by atoms with Gasteiger partial charge in [-0.15, -0.1) is 0 Å². The van der Waals surface area contributed by atoms with Crippen molar-refractivity contribution in [1.82, 2.24) is 10.2 Å². The molecular formula is C10H19N3O2. The van der Waals surface area contributed by atoms with Crippen molar-refractivity contribution in [3.05, 3.63) is 0 Å². The van der Waals surface area contributed by atoms with Gasteiger partial charge in [-0.3, -0.25) is 9.59 Å². The number of rotatable bonds is 3. The summed E-state index contributed by atoms with van der Waals surface area (Å²) < 4.78 is 0. The van der Waals surface area contributed by atoms with Gasteiger partial charge in [0, 0.05) is 26.2 Å². The van der Waals surface area contributed by atoms with E-state index in [0.29, 0.717) is 13.1 Å². The lowest BCUT2D eigenvalue weighted by Gasteiger charge is -2.23. The highest BCUT2D eigenvalue weighted by atomic mass is 16.2. The zero-order chi connectivity index (χ0) is 11.3. The van der Waals surface area contributed by atoms with Crippen LogP contribution in [-0.4, -0.2) is 42.9 Å². The van der Waals surface area contributed by atoms with Gasteiger partial charge in [0.05, 0.1) is 0 Å². The minimum Gasteiger partial charge on any atom is -0.347 e. The summed E-state index contributed by atoms with van der Waals surface area (Å²) in [5.41, 5.74) is 5.24. The highest BCUT2D eigenvalue weighted by molar-refractivity contribution is 6.35. The first-order chi connectivity index (χ1) is 7.16. The van der Waals surface area contributed by atoms with Crippen LogP contribution in [0.15, 0.2) is 0 Å². The Labute approximate surface area is 90.0 Å². The van der Waals surface area contributed by atoms with Crippen LogP contribution >= 0.6 is 0 Å². The maximum atomic E-state index is 11.6. The van der Waals surface area contributed by atoms with Crippen molar-refractivity contribution in [2.24, 2.45) is 5.73 Å². The van der Waals surface area contributed by atoms with Crippen LogP contribution in [0, 0.1) is 0 Å². The van der Waals surface area contributed by atoms with Crippen molar-refractivity contribution in [2.45, 2.75) is 31.7 Å². The van der Waals surface area contributed by atoms with E-state index in [1.807, 2.05) is 0 Å². The number of nitrogens with zero attached hydrogens (tertiary/aromatic N) is 1. The summed E-state index contributed by atoms with van der Waals surface area (Å²) in [5, 5.41) is 2.48. The third-order valence-electron chi connectivity index (χ3n) is 2.82. The minimum atomic E-state index is -0.546. The van der Waals surface area contributed by atoms with Crippen molar-refractivity contribution < 1.29 is 9.59 Å². The molecule has 1 aliphatic rings. The fourth-order valence-corrected chi connectivity index (χ4v) is 1.88. The molecule has 1 aliphatic carbocycles. The van der Waals surface area contributed by atoms with Crippen molar-refractivity contribution >= 4 is 11.8 Å². The van der Waals surface area contributed by atoms with E-state index in [9.17, 15) is 9.59 Å². The largest absolute Gasteiger partial charge is 0.347 e. The van der Waals surface area contributed by atoms with Crippen LogP contribution in [-0.2, 0) is 9.59 Å². The van der Waals surface area contributed by atoms with E-state index in [0.717, 1.165) is 25.7 Å². The average molecular weight is 213 g/mol. The second kappa shape index (κ2) is 5.70. The van der Waals surface area contributed by atoms with Crippen molar-refractivity contribution in [1.29, 1.82) is 0 Å². The molecule has 0 spiro atoms. The third-order valence-corrected chi connectivity index (χ3v) is 2.82. The lowest BCUT2D eigenvalue weighted by Crippen LogP contribution is -2.45. The quantitative estimate of drug-likeness (QED) is 0.618. The summed E-state index contributed by atoms with van der Waals surface area (Å²) in [5.74, 6) is -0.995. The van der Waals surface area contributed by atoms with Crippen molar-refractivity contribution in [2.75, 3.05) is 20.1 Å². The van der Waals surface area contributed by atoms with Crippen LogP contribution in [0.5, 0.6) is 0 Å². The maximum absolute atomic E-state index is 11.6. The molecule has 0 atom stereocenters. The normalized spacial score (nSPS) is 16.4. The number of hydrogen-bond acceptors (Lipinski definition) is 3. The van der Waals surface area contributed by atoms with E-state index in [2.05, 4.69) is 5.32 Å². The van der Waals surface area contributed by atoms with E-state index < -0.39 is 11.8 Å². The zero-order valence-electron chi connectivity index (χ0n) is 9.16. The summed E-state index contributed by atoms with van der Waals surface area (Å²) in [6.07, 6.45) is 4.30. The molecule has 3 N–H and O–H groups in total. The molecule has 0 radical (unpaired) electrons. The number of hydrogen-bond donors (Lipinski definition) is 2. The van der Waals surface area contributed by atoms with Crippen molar-refractivity contribution in [3.63, 3.8) is 0 Å². The number of carbonyl (C=O) groups excluding carboxylic acids is 2. The van der Waals surface area contributed by atoms with Crippen LogP contribution in [0.4, 0.5) is 0 Å². The summed E-state index contributed by atoms with van der Waals surface area (Å²) >= 11 is 0. The Hall–Kier alpha value is -1.10. The SMILES string of the molecule is CN(C(=O)C(=O)NCCN)C1CCCC1. The number of amides is 2. The standard InChI is InChI=1S/C10H19N3O2/c1-13(8-4-2-3-5-8)10(15)9(14)12-7-6-11/h8H,2-7,11H2,1H3,(H,12,14). The summed E-state index contributed by atoms with van der Waals surface area (Å²) in [7, 11) is 1.69. The third kappa shape index (κ3) is 3.20. The van der Waals surface area contributed by atoms with E-state index in [1.54, 1.807) is 11.9 Å². The van der Waals surface area contributed by atoms with Crippen LogP contribution in [0.1, 0.15) is 25.7 Å². The van der Waals surface area contributed by atoms with Crippen LogP contribution < -0.4 is 11.1 Å². The van der Waals surface area contributed by atoms with Gasteiger partial charge in [0.15, 0.2) is 0 Å². The molecule has 86 valence electrons. The maximum Gasteiger partial charge on any atom is 0.311 e. The molecule has 0 aliphatic heterocycles. The molecule has 2 amide bonds. The van der Waals surface area contributed by atoms with Gasteiger partial charge in [0.1, 0.15) is 0 Å². The molecule has 1 rings (SSSR count). The Morgan fingerprint density at radius 2 is 2.00 bits per heavy atom. The summed E-state index contributed by atoms with van der Waals surface area (Å²) in [6, 6.07) is 0.237. The Morgan fingerprint density at radius 3 is 2.53 bits per heavy atom. The average Bonchev–Trinajstić information content (AvgIpc) is 2.77. The van der Waals surface area contributed by atoms with Gasteiger partial charge in [-0.05, 0) is 12.8 Å². The molecule has 15 heavy (non-hydrogen) atoms. The first-order valence-corrected chi connectivity index (χ1v) is 5.42. The smallest absolute Gasteiger partial charge is 0.311 e. The highest BCUT2D eigenvalue weighted by Gasteiger charge is 2.27. The second-order valence-electron chi connectivity index (χ2n) is 3.90. The van der Waals surface area contributed by atoms with Crippen LogP contribution in [0.2, 0.25) is 0 Å². The fourth-order valence-electron chi connectivity index (χ4n) is 1.88. The van der Waals surface area contributed by atoms with E-state index in [-0.39, 0.29) is 6.04 Å². The molecule has 0 aromatic rings. The fraction of sp³-hybridized carbons (Fsp3) is 0.800. The van der Waals surface area contributed by atoms with Crippen LogP contribution in [0.3, 0.4) is 0 Å². The van der Waals surface area contributed by atoms with E-state index in [1.165, 1.54) is 0 Å². The monoisotopic (exact) mass is 213 g/mol. The molecule has 5 heteroatoms. The predicted molar refractivity (Wildman–Crippen MR) is 57.1 cm³/mol. The van der Waals surface area contributed by atoms with E-state index >= 15 is 0 Å². The van der Waals surface area contributed by atoms with Gasteiger partial charge >= 0.3 is 11.8 Å². The summed E-state index contributed by atoms with van der Waals surface area (Å²) in [4.78, 5) is 24.5. The van der Waals surface area contributed by atoms with Gasteiger partial charge in [-0.2, -0.15) is 0 Å². The van der Waals surface area contributed by atoms with Gasteiger partial charge < -0.3 is 16.0 Å². The zero-order valence-corrected chi connectivity index (χ0v) is 9.16. The second-order valence-corrected chi connectivity index (χ2v) is 3.90. The first kappa shape index (κ1) is 12.0. The molecule has 1 fully saturated rings. The Morgan fingerprint density at radius 1 is 1.40 bits per heavy atom. The van der Waals surface area contributed by atoms with Gasteiger partial charge in [0.2, 0.25) is 0 Å². The molecule has 0 saturated heterocycles. The molecule has 0 unspecified atom stereocenters. The lowest BCUT2D eigenvalue weighted by molar-refractivity contribution is -0.146. The van der Waals surface area contributed by atoms with Gasteiger partial charge in [0.25, 0.3) is 0 Å². The molecule has 0 aromatic heterocycles. The number of nitrogens with two attached hydrogens (primary N) is 1. The summed E-state index contributed by atoms with van der Waals surface area (Å²) in [6.45, 7) is 0.704. The predicted octanol–water partition coefficient (Wildman–Crippen LogP) is -0.538. The minimum absolute atomic E-state index is 0.237. The number of nitrogens with one attached hydrogen (secondary N) is 1. The molecule has 5 nitrogen and oxygen atoms in total.